The van der Waals surface area contributed by atoms with Gasteiger partial charge in [0.15, 0.2) is 0 Å². The van der Waals surface area contributed by atoms with Gasteiger partial charge in [-0.15, -0.1) is 0 Å². The number of hydrogen-bond donors (Lipinski definition) is 0. The molecule has 4 aromatic rings. The summed E-state index contributed by atoms with van der Waals surface area (Å²) in [5.41, 5.74) is 1.45. The van der Waals surface area contributed by atoms with Crippen LogP contribution in [0, 0.1) is 6.92 Å². The summed E-state index contributed by atoms with van der Waals surface area (Å²) < 4.78 is 10.9. The molecule has 0 bridgehead atoms. The summed E-state index contributed by atoms with van der Waals surface area (Å²) in [4.78, 5) is 26.4. The lowest BCUT2D eigenvalue weighted by molar-refractivity contribution is 0.0744. The third-order valence-corrected chi connectivity index (χ3v) is 5.83. The minimum atomic E-state index is 0.00526. The van der Waals surface area contributed by atoms with Crippen molar-refractivity contribution in [2.75, 3.05) is 37.7 Å². The summed E-state index contributed by atoms with van der Waals surface area (Å²) >= 11 is 0. The number of benzene rings is 2. The first kappa shape index (κ1) is 20.9. The van der Waals surface area contributed by atoms with Gasteiger partial charge in [-0.05, 0) is 35.9 Å². The number of carbonyl (C=O) groups excluding carboxylic acids is 1. The van der Waals surface area contributed by atoms with Gasteiger partial charge in [-0.2, -0.15) is 4.98 Å². The fourth-order valence-corrected chi connectivity index (χ4v) is 4.17. The first-order valence-corrected chi connectivity index (χ1v) is 11.1. The third kappa shape index (κ3) is 4.11. The molecule has 1 fully saturated rings. The normalized spacial score (nSPS) is 14.0. The van der Waals surface area contributed by atoms with Crippen LogP contribution in [0.4, 0.5) is 5.82 Å². The van der Waals surface area contributed by atoms with Gasteiger partial charge in [0, 0.05) is 44.9 Å². The number of aryl methyl sites for hydroxylation is 1. The molecule has 0 unspecified atom stereocenters. The van der Waals surface area contributed by atoms with Gasteiger partial charge in [-0.1, -0.05) is 35.5 Å². The first-order chi connectivity index (χ1) is 16.1. The molecule has 1 saturated heterocycles. The SMILES string of the molecule is CCOc1ccc2ccccc2c1C(=O)N1CCN(c2ccc(-c3noc(C)n3)cn2)CC1. The molecule has 0 atom stereocenters. The second-order valence-electron chi connectivity index (χ2n) is 7.91. The summed E-state index contributed by atoms with van der Waals surface area (Å²) in [6.07, 6.45) is 1.75. The number of rotatable bonds is 5. The Morgan fingerprint density at radius 3 is 2.58 bits per heavy atom. The number of ether oxygens (including phenoxy) is 1. The molecule has 2 aromatic heterocycles. The highest BCUT2D eigenvalue weighted by molar-refractivity contribution is 6.09. The van der Waals surface area contributed by atoms with Crippen molar-refractivity contribution in [2.45, 2.75) is 13.8 Å². The molecule has 3 heterocycles. The summed E-state index contributed by atoms with van der Waals surface area (Å²) in [6, 6.07) is 15.7. The van der Waals surface area contributed by atoms with Gasteiger partial charge >= 0.3 is 0 Å². The van der Waals surface area contributed by atoms with Crippen LogP contribution in [-0.4, -0.2) is 58.7 Å². The maximum atomic E-state index is 13.5. The first-order valence-electron chi connectivity index (χ1n) is 11.1. The van der Waals surface area contributed by atoms with Gasteiger partial charge in [-0.25, -0.2) is 4.98 Å². The maximum Gasteiger partial charge on any atom is 0.258 e. The smallest absolute Gasteiger partial charge is 0.258 e. The Morgan fingerprint density at radius 1 is 1.06 bits per heavy atom. The Balaban J connectivity index is 1.31. The average molecular weight is 444 g/mol. The highest BCUT2D eigenvalue weighted by atomic mass is 16.5. The van der Waals surface area contributed by atoms with E-state index in [-0.39, 0.29) is 5.91 Å². The van der Waals surface area contributed by atoms with E-state index in [4.69, 9.17) is 9.26 Å². The summed E-state index contributed by atoms with van der Waals surface area (Å²) in [5, 5.41) is 5.89. The summed E-state index contributed by atoms with van der Waals surface area (Å²) in [5.74, 6) is 2.56. The summed E-state index contributed by atoms with van der Waals surface area (Å²) in [7, 11) is 0. The lowest BCUT2D eigenvalue weighted by Crippen LogP contribution is -2.49. The van der Waals surface area contributed by atoms with Crippen LogP contribution in [0.2, 0.25) is 0 Å². The quantitative estimate of drug-likeness (QED) is 0.462. The van der Waals surface area contributed by atoms with Crippen molar-refractivity contribution in [3.05, 3.63) is 66.2 Å². The number of nitrogens with zero attached hydrogens (tertiary/aromatic N) is 5. The Labute approximate surface area is 191 Å². The monoisotopic (exact) mass is 443 g/mol. The predicted molar refractivity (Wildman–Crippen MR) is 125 cm³/mol. The molecule has 1 amide bonds. The number of hydrogen-bond acceptors (Lipinski definition) is 7. The van der Waals surface area contributed by atoms with Gasteiger partial charge in [0.1, 0.15) is 11.6 Å². The molecular weight excluding hydrogens is 418 g/mol. The number of aromatic nitrogens is 3. The van der Waals surface area contributed by atoms with Gasteiger partial charge in [0.25, 0.3) is 5.91 Å². The molecule has 1 aliphatic heterocycles. The number of amides is 1. The van der Waals surface area contributed by atoms with Crippen LogP contribution in [0.25, 0.3) is 22.2 Å². The lowest BCUT2D eigenvalue weighted by Gasteiger charge is -2.35. The van der Waals surface area contributed by atoms with Crippen LogP contribution in [0.15, 0.2) is 59.3 Å². The molecule has 8 heteroatoms. The molecule has 2 aromatic carbocycles. The van der Waals surface area contributed by atoms with Crippen molar-refractivity contribution in [1.29, 1.82) is 0 Å². The molecule has 0 saturated carbocycles. The summed E-state index contributed by atoms with van der Waals surface area (Å²) in [6.45, 7) is 6.83. The van der Waals surface area contributed by atoms with Gasteiger partial charge in [-0.3, -0.25) is 4.79 Å². The molecular formula is C25H25N5O3. The Hall–Kier alpha value is -3.94. The van der Waals surface area contributed by atoms with Crippen LogP contribution in [0.3, 0.4) is 0 Å². The van der Waals surface area contributed by atoms with E-state index in [1.54, 1.807) is 13.1 Å². The maximum absolute atomic E-state index is 13.5. The van der Waals surface area contributed by atoms with Crippen molar-refractivity contribution in [1.82, 2.24) is 20.0 Å². The zero-order valence-corrected chi connectivity index (χ0v) is 18.7. The lowest BCUT2D eigenvalue weighted by atomic mass is 10.0. The van der Waals surface area contributed by atoms with E-state index in [2.05, 4.69) is 20.0 Å². The van der Waals surface area contributed by atoms with Crippen molar-refractivity contribution >= 4 is 22.5 Å². The minimum absolute atomic E-state index is 0.00526. The van der Waals surface area contributed by atoms with E-state index in [0.717, 1.165) is 22.2 Å². The van der Waals surface area contributed by atoms with Gasteiger partial charge in [0.2, 0.25) is 11.7 Å². The Kier molecular flexibility index (Phi) is 5.64. The van der Waals surface area contributed by atoms with Crippen molar-refractivity contribution in [3.8, 4) is 17.1 Å². The van der Waals surface area contributed by atoms with Crippen molar-refractivity contribution in [3.63, 3.8) is 0 Å². The van der Waals surface area contributed by atoms with Crippen LogP contribution >= 0.6 is 0 Å². The number of carbonyl (C=O) groups is 1. The second-order valence-corrected chi connectivity index (χ2v) is 7.91. The molecule has 0 radical (unpaired) electrons. The number of anilines is 1. The topological polar surface area (TPSA) is 84.6 Å². The number of pyridine rings is 1. The van der Waals surface area contributed by atoms with Crippen LogP contribution in [-0.2, 0) is 0 Å². The highest BCUT2D eigenvalue weighted by Gasteiger charge is 2.26. The average Bonchev–Trinajstić information content (AvgIpc) is 3.30. The highest BCUT2D eigenvalue weighted by Crippen LogP contribution is 2.30. The van der Waals surface area contributed by atoms with E-state index in [1.165, 1.54) is 0 Å². The molecule has 8 nitrogen and oxygen atoms in total. The van der Waals surface area contributed by atoms with E-state index in [0.29, 0.717) is 55.8 Å². The van der Waals surface area contributed by atoms with E-state index in [1.807, 2.05) is 60.4 Å². The predicted octanol–water partition coefficient (Wildman–Crippen LogP) is 3.95. The molecule has 0 spiro atoms. The Bertz CT molecular complexity index is 1280. The Morgan fingerprint density at radius 2 is 1.88 bits per heavy atom. The van der Waals surface area contributed by atoms with E-state index >= 15 is 0 Å². The fraction of sp³-hybridized carbons (Fsp3) is 0.280. The van der Waals surface area contributed by atoms with Gasteiger partial charge in [0.05, 0.1) is 12.2 Å². The number of fused-ring (bicyclic) bond motifs is 1. The van der Waals surface area contributed by atoms with Crippen LogP contribution < -0.4 is 9.64 Å². The molecule has 0 aliphatic carbocycles. The fourth-order valence-electron chi connectivity index (χ4n) is 4.17. The molecule has 1 aliphatic rings. The van der Waals surface area contributed by atoms with Crippen molar-refractivity contribution in [2.24, 2.45) is 0 Å². The zero-order valence-electron chi connectivity index (χ0n) is 18.7. The van der Waals surface area contributed by atoms with Crippen LogP contribution in [0.1, 0.15) is 23.2 Å². The zero-order chi connectivity index (χ0) is 22.8. The van der Waals surface area contributed by atoms with Crippen LogP contribution in [0.5, 0.6) is 5.75 Å². The van der Waals surface area contributed by atoms with E-state index in [9.17, 15) is 4.79 Å². The molecule has 5 rings (SSSR count). The third-order valence-electron chi connectivity index (χ3n) is 5.83. The number of piperazine rings is 1. The molecule has 0 N–H and O–H groups in total. The minimum Gasteiger partial charge on any atom is -0.493 e. The molecule has 168 valence electrons. The van der Waals surface area contributed by atoms with Gasteiger partial charge < -0.3 is 19.1 Å². The van der Waals surface area contributed by atoms with Crippen molar-refractivity contribution < 1.29 is 14.1 Å². The largest absolute Gasteiger partial charge is 0.493 e. The standard InChI is InChI=1S/C25H25N5O3/c1-3-32-21-10-8-18-6-4-5-7-20(18)23(21)25(31)30-14-12-29(13-15-30)22-11-9-19(16-26-22)24-27-17(2)33-28-24/h4-11,16H,3,12-15H2,1-2H3. The second kappa shape index (κ2) is 8.90. The van der Waals surface area contributed by atoms with E-state index < -0.39 is 0 Å². The molecule has 33 heavy (non-hydrogen) atoms.